The van der Waals surface area contributed by atoms with E-state index in [1.807, 2.05) is 31.2 Å². The molecular formula is C18H20NO4P. The number of benzene rings is 2. The van der Waals surface area contributed by atoms with Crippen LogP contribution in [0.5, 0.6) is 0 Å². The summed E-state index contributed by atoms with van der Waals surface area (Å²) in [5.74, 6) is -0.306. The van der Waals surface area contributed by atoms with Crippen LogP contribution in [0, 0.1) is 6.92 Å². The summed E-state index contributed by atoms with van der Waals surface area (Å²) < 4.78 is 23.0. The zero-order valence-corrected chi connectivity index (χ0v) is 14.7. The fourth-order valence-electron chi connectivity index (χ4n) is 2.20. The van der Waals surface area contributed by atoms with Crippen LogP contribution in [0.4, 0.5) is 0 Å². The smallest absolute Gasteiger partial charge is 0.328 e. The number of carbonyl (C=O) groups excluding carboxylic acids is 1. The Morgan fingerprint density at radius 2 is 1.62 bits per heavy atom. The highest BCUT2D eigenvalue weighted by atomic mass is 31.2. The SMILES string of the molecule is COP(=O)(OC)C(=CNC(=O)c1ccccc1)c1cccc(C)c1. The molecule has 6 heteroatoms. The molecule has 0 spiro atoms. The molecular weight excluding hydrogens is 325 g/mol. The highest BCUT2D eigenvalue weighted by Crippen LogP contribution is 2.59. The maximum atomic E-state index is 12.8. The summed E-state index contributed by atoms with van der Waals surface area (Å²) in [5.41, 5.74) is 2.16. The lowest BCUT2D eigenvalue weighted by molar-refractivity contribution is 0.0970. The predicted molar refractivity (Wildman–Crippen MR) is 94.7 cm³/mol. The summed E-state index contributed by atoms with van der Waals surface area (Å²) in [6.07, 6.45) is 1.39. The van der Waals surface area contributed by atoms with Gasteiger partial charge in [0.1, 0.15) is 0 Å². The Balaban J connectivity index is 2.39. The van der Waals surface area contributed by atoms with E-state index >= 15 is 0 Å². The summed E-state index contributed by atoms with van der Waals surface area (Å²) in [5, 5.41) is 2.95. The Morgan fingerprint density at radius 1 is 1.00 bits per heavy atom. The van der Waals surface area contributed by atoms with Crippen LogP contribution in [0.2, 0.25) is 0 Å². The average Bonchev–Trinajstić information content (AvgIpc) is 2.62. The Hall–Kier alpha value is -2.20. The second kappa shape index (κ2) is 8.06. The van der Waals surface area contributed by atoms with E-state index in [4.69, 9.17) is 9.05 Å². The molecule has 0 fully saturated rings. The molecule has 1 N–H and O–H groups in total. The lowest BCUT2D eigenvalue weighted by Gasteiger charge is -2.18. The van der Waals surface area contributed by atoms with Gasteiger partial charge in [-0.2, -0.15) is 0 Å². The molecule has 0 radical (unpaired) electrons. The topological polar surface area (TPSA) is 64.6 Å². The third-order valence-electron chi connectivity index (χ3n) is 3.47. The summed E-state index contributed by atoms with van der Waals surface area (Å²) in [6.45, 7) is 1.92. The fraction of sp³-hybridized carbons (Fsp3) is 0.167. The summed E-state index contributed by atoms with van der Waals surface area (Å²) in [7, 11) is -0.910. The van der Waals surface area contributed by atoms with Crippen molar-refractivity contribution in [3.8, 4) is 0 Å². The molecule has 0 aliphatic heterocycles. The third-order valence-corrected chi connectivity index (χ3v) is 5.40. The Morgan fingerprint density at radius 3 is 2.21 bits per heavy atom. The van der Waals surface area contributed by atoms with Gasteiger partial charge < -0.3 is 14.4 Å². The molecule has 2 aromatic rings. The maximum Gasteiger partial charge on any atom is 0.362 e. The highest BCUT2D eigenvalue weighted by Gasteiger charge is 2.29. The van der Waals surface area contributed by atoms with Crippen LogP contribution < -0.4 is 5.32 Å². The van der Waals surface area contributed by atoms with Gasteiger partial charge >= 0.3 is 7.60 Å². The van der Waals surface area contributed by atoms with Gasteiger partial charge in [-0.15, -0.1) is 0 Å². The summed E-state index contributed by atoms with van der Waals surface area (Å²) in [4.78, 5) is 12.2. The molecule has 126 valence electrons. The van der Waals surface area contributed by atoms with Crippen molar-refractivity contribution < 1.29 is 18.4 Å². The van der Waals surface area contributed by atoms with Crippen molar-refractivity contribution in [3.63, 3.8) is 0 Å². The van der Waals surface area contributed by atoms with Gasteiger partial charge in [-0.3, -0.25) is 9.36 Å². The van der Waals surface area contributed by atoms with Crippen molar-refractivity contribution in [2.45, 2.75) is 6.92 Å². The summed E-state index contributed by atoms with van der Waals surface area (Å²) >= 11 is 0. The lowest BCUT2D eigenvalue weighted by atomic mass is 10.1. The Bertz CT molecular complexity index is 779. The molecule has 0 saturated carbocycles. The number of carbonyl (C=O) groups is 1. The molecule has 24 heavy (non-hydrogen) atoms. The number of amides is 1. The molecule has 0 aliphatic rings. The molecule has 2 rings (SSSR count). The number of hydrogen-bond donors (Lipinski definition) is 1. The molecule has 0 atom stereocenters. The minimum absolute atomic E-state index is 0.292. The third kappa shape index (κ3) is 4.20. The van der Waals surface area contributed by atoms with Gasteiger partial charge in [0.2, 0.25) is 0 Å². The average molecular weight is 345 g/mol. The van der Waals surface area contributed by atoms with Gasteiger partial charge in [-0.05, 0) is 24.6 Å². The standard InChI is InChI=1S/C18H20NO4P/c1-14-8-7-11-16(12-14)17(24(21,22-2)23-3)13-19-18(20)15-9-5-4-6-10-15/h4-13H,1-3H3,(H,19,20). The maximum absolute atomic E-state index is 12.8. The predicted octanol–water partition coefficient (Wildman–Crippen LogP) is 4.21. The van der Waals surface area contributed by atoms with Crippen molar-refractivity contribution in [2.75, 3.05) is 14.2 Å². The van der Waals surface area contributed by atoms with E-state index in [1.54, 1.807) is 30.3 Å². The molecule has 5 nitrogen and oxygen atoms in total. The van der Waals surface area contributed by atoms with Crippen LogP contribution >= 0.6 is 7.60 Å². The van der Waals surface area contributed by atoms with Gasteiger partial charge in [0.05, 0.1) is 5.31 Å². The molecule has 0 saturated heterocycles. The lowest BCUT2D eigenvalue weighted by Crippen LogP contribution is -2.17. The first kappa shape index (κ1) is 18.1. The van der Waals surface area contributed by atoms with E-state index in [-0.39, 0.29) is 5.91 Å². The van der Waals surface area contributed by atoms with Crippen LogP contribution in [0.3, 0.4) is 0 Å². The van der Waals surface area contributed by atoms with Crippen molar-refractivity contribution in [1.29, 1.82) is 0 Å². The second-order valence-corrected chi connectivity index (χ2v) is 7.31. The number of hydrogen-bond acceptors (Lipinski definition) is 4. The first-order valence-corrected chi connectivity index (χ1v) is 8.89. The largest absolute Gasteiger partial charge is 0.362 e. The van der Waals surface area contributed by atoms with E-state index in [1.165, 1.54) is 20.4 Å². The van der Waals surface area contributed by atoms with E-state index < -0.39 is 7.60 Å². The number of nitrogens with one attached hydrogen (secondary N) is 1. The van der Waals surface area contributed by atoms with Crippen molar-refractivity contribution in [2.24, 2.45) is 0 Å². The van der Waals surface area contributed by atoms with E-state index in [9.17, 15) is 9.36 Å². The molecule has 0 aromatic heterocycles. The quantitative estimate of drug-likeness (QED) is 0.797. The van der Waals surface area contributed by atoms with Gasteiger partial charge in [0, 0.05) is 26.0 Å². The zero-order valence-electron chi connectivity index (χ0n) is 13.9. The molecule has 0 bridgehead atoms. The normalized spacial score (nSPS) is 12.0. The Kier molecular flexibility index (Phi) is 6.10. The van der Waals surface area contributed by atoms with E-state index in [0.29, 0.717) is 16.4 Å². The van der Waals surface area contributed by atoms with Crippen LogP contribution in [0.1, 0.15) is 21.5 Å². The van der Waals surface area contributed by atoms with Crippen LogP contribution in [0.25, 0.3) is 5.31 Å². The fourth-order valence-corrected chi connectivity index (χ4v) is 3.42. The monoisotopic (exact) mass is 345 g/mol. The molecule has 1 amide bonds. The van der Waals surface area contributed by atoms with Crippen LogP contribution in [-0.4, -0.2) is 20.1 Å². The number of rotatable bonds is 6. The number of aryl methyl sites for hydroxylation is 1. The Labute approximate surface area is 141 Å². The van der Waals surface area contributed by atoms with Crippen molar-refractivity contribution >= 4 is 18.8 Å². The van der Waals surface area contributed by atoms with Gasteiger partial charge in [-0.1, -0.05) is 48.0 Å². The molecule has 2 aromatic carbocycles. The van der Waals surface area contributed by atoms with Crippen LogP contribution in [-0.2, 0) is 13.6 Å². The first-order chi connectivity index (χ1) is 11.5. The second-order valence-electron chi connectivity index (χ2n) is 5.10. The highest BCUT2D eigenvalue weighted by molar-refractivity contribution is 7.65. The van der Waals surface area contributed by atoms with Gasteiger partial charge in [0.25, 0.3) is 5.91 Å². The minimum Gasteiger partial charge on any atom is -0.328 e. The first-order valence-electron chi connectivity index (χ1n) is 7.35. The van der Waals surface area contributed by atoms with Gasteiger partial charge in [0.15, 0.2) is 0 Å². The van der Waals surface area contributed by atoms with Crippen molar-refractivity contribution in [3.05, 3.63) is 77.5 Å². The minimum atomic E-state index is -3.53. The van der Waals surface area contributed by atoms with Crippen molar-refractivity contribution in [1.82, 2.24) is 5.32 Å². The van der Waals surface area contributed by atoms with Gasteiger partial charge in [-0.25, -0.2) is 0 Å². The van der Waals surface area contributed by atoms with Crippen LogP contribution in [0.15, 0.2) is 60.8 Å². The summed E-state index contributed by atoms with van der Waals surface area (Å²) in [6, 6.07) is 16.2. The zero-order chi connectivity index (χ0) is 17.6. The molecule has 0 aliphatic carbocycles. The van der Waals surface area contributed by atoms with E-state index in [2.05, 4.69) is 5.32 Å². The molecule has 0 unspecified atom stereocenters. The molecule has 0 heterocycles. The van der Waals surface area contributed by atoms with E-state index in [0.717, 1.165) is 5.56 Å².